The molecular formula is C10H10N6O3. The van der Waals surface area contributed by atoms with E-state index in [9.17, 15) is 10.1 Å². The second kappa shape index (κ2) is 5.97. The van der Waals surface area contributed by atoms with Gasteiger partial charge in [0.25, 0.3) is 5.69 Å². The Kier molecular flexibility index (Phi) is 4.37. The number of nitrogens with zero attached hydrogens (tertiary/aromatic N) is 3. The fourth-order valence-electron chi connectivity index (χ4n) is 1.16. The summed E-state index contributed by atoms with van der Waals surface area (Å²) in [5.41, 5.74) is 7.20. The smallest absolute Gasteiger partial charge is 0.271 e. The van der Waals surface area contributed by atoms with Crippen LogP contribution in [0.5, 0.6) is 5.75 Å². The number of rotatable bonds is 5. The lowest BCUT2D eigenvalue weighted by Crippen LogP contribution is -2.21. The van der Waals surface area contributed by atoms with Gasteiger partial charge in [-0.25, -0.2) is 0 Å². The molecule has 0 saturated carbocycles. The zero-order valence-electron chi connectivity index (χ0n) is 9.88. The third-order valence-electron chi connectivity index (χ3n) is 2.04. The number of anilines is 1. The van der Waals surface area contributed by atoms with E-state index in [1.807, 2.05) is 0 Å². The van der Waals surface area contributed by atoms with Crippen LogP contribution >= 0.6 is 0 Å². The number of nitrogens with one attached hydrogen (secondary N) is 2. The van der Waals surface area contributed by atoms with Gasteiger partial charge in [0.05, 0.1) is 12.0 Å². The molecular weight excluding hydrogens is 252 g/mol. The molecule has 0 unspecified atom stereocenters. The maximum Gasteiger partial charge on any atom is 0.271 e. The maximum absolute atomic E-state index is 10.6. The van der Waals surface area contributed by atoms with E-state index >= 15 is 0 Å². The van der Waals surface area contributed by atoms with Crippen molar-refractivity contribution in [3.05, 3.63) is 28.3 Å². The molecule has 0 heterocycles. The van der Waals surface area contributed by atoms with Crippen molar-refractivity contribution < 1.29 is 9.66 Å². The lowest BCUT2D eigenvalue weighted by atomic mass is 10.2. The van der Waals surface area contributed by atoms with Crippen LogP contribution in [0, 0.1) is 26.9 Å². The van der Waals surface area contributed by atoms with Gasteiger partial charge in [0.15, 0.2) is 5.84 Å². The third kappa shape index (κ3) is 3.40. The van der Waals surface area contributed by atoms with E-state index in [4.69, 9.17) is 21.1 Å². The van der Waals surface area contributed by atoms with Gasteiger partial charge in [-0.3, -0.25) is 20.9 Å². The average Bonchev–Trinajstić information content (AvgIpc) is 2.38. The number of amidine groups is 1. The van der Waals surface area contributed by atoms with Crippen LogP contribution in [0.4, 0.5) is 11.4 Å². The van der Waals surface area contributed by atoms with Gasteiger partial charge in [0.1, 0.15) is 17.5 Å². The fraction of sp³-hybridized carbons (Fsp3) is 0.100. The summed E-state index contributed by atoms with van der Waals surface area (Å²) >= 11 is 0. The average molecular weight is 262 g/mol. The van der Waals surface area contributed by atoms with Gasteiger partial charge in [-0.05, 0) is 6.07 Å². The number of hydrogen-bond donors (Lipinski definition) is 3. The van der Waals surface area contributed by atoms with Gasteiger partial charge in [0, 0.05) is 12.1 Å². The Balaban J connectivity index is 3.12. The zero-order valence-corrected chi connectivity index (χ0v) is 9.88. The van der Waals surface area contributed by atoms with Crippen molar-refractivity contribution in [1.82, 2.24) is 0 Å². The highest BCUT2D eigenvalue weighted by molar-refractivity contribution is 6.45. The summed E-state index contributed by atoms with van der Waals surface area (Å²) in [6, 6.07) is 5.45. The Morgan fingerprint density at radius 3 is 2.84 bits per heavy atom. The Hall–Kier alpha value is -3.15. The molecule has 0 bridgehead atoms. The number of nitrogens with two attached hydrogens (primary N) is 1. The summed E-state index contributed by atoms with van der Waals surface area (Å²) in [5.74, 6) is -0.213. The Bertz CT molecular complexity index is 589. The molecule has 0 atom stereocenters. The van der Waals surface area contributed by atoms with Gasteiger partial charge in [-0.2, -0.15) is 10.4 Å². The number of methoxy groups -OCH3 is 1. The SMILES string of the molecule is COc1ccc([N+](=O)[O-])cc1N/N=C(\C#N)C(=N)N. The number of benzene rings is 1. The minimum absolute atomic E-state index is 0.167. The van der Waals surface area contributed by atoms with Crippen LogP contribution in [0.2, 0.25) is 0 Å². The Morgan fingerprint density at radius 2 is 2.37 bits per heavy atom. The van der Waals surface area contributed by atoms with Crippen molar-refractivity contribution >= 4 is 22.9 Å². The summed E-state index contributed by atoms with van der Waals surface area (Å²) in [6.07, 6.45) is 0. The van der Waals surface area contributed by atoms with Crippen molar-refractivity contribution in [3.63, 3.8) is 0 Å². The van der Waals surface area contributed by atoms with Crippen LogP contribution < -0.4 is 15.9 Å². The Labute approximate surface area is 107 Å². The van der Waals surface area contributed by atoms with Gasteiger partial charge in [0.2, 0.25) is 5.71 Å². The molecule has 0 aliphatic rings. The number of non-ortho nitro benzene ring substituents is 1. The van der Waals surface area contributed by atoms with Crippen molar-refractivity contribution in [1.29, 1.82) is 10.7 Å². The highest BCUT2D eigenvalue weighted by Gasteiger charge is 2.11. The minimum Gasteiger partial charge on any atom is -0.495 e. The Morgan fingerprint density at radius 1 is 1.68 bits per heavy atom. The molecule has 1 aromatic carbocycles. The van der Waals surface area contributed by atoms with Crippen molar-refractivity contribution in [2.45, 2.75) is 0 Å². The molecule has 0 amide bonds. The predicted molar refractivity (Wildman–Crippen MR) is 68.2 cm³/mol. The summed E-state index contributed by atoms with van der Waals surface area (Å²) in [6.45, 7) is 0. The molecule has 98 valence electrons. The van der Waals surface area contributed by atoms with Crippen molar-refractivity contribution in [2.75, 3.05) is 12.5 Å². The highest BCUT2D eigenvalue weighted by Crippen LogP contribution is 2.28. The van der Waals surface area contributed by atoms with Gasteiger partial charge < -0.3 is 10.5 Å². The number of hydrazone groups is 1. The molecule has 1 aromatic rings. The second-order valence-corrected chi connectivity index (χ2v) is 3.24. The lowest BCUT2D eigenvalue weighted by Gasteiger charge is -2.07. The zero-order chi connectivity index (χ0) is 14.4. The van der Waals surface area contributed by atoms with Crippen LogP contribution in [-0.2, 0) is 0 Å². The molecule has 0 fully saturated rings. The van der Waals surface area contributed by atoms with Crippen LogP contribution in [0.1, 0.15) is 0 Å². The second-order valence-electron chi connectivity index (χ2n) is 3.24. The predicted octanol–water partition coefficient (Wildman–Crippen LogP) is 0.831. The monoisotopic (exact) mass is 262 g/mol. The largest absolute Gasteiger partial charge is 0.495 e. The minimum atomic E-state index is -0.579. The van der Waals surface area contributed by atoms with Crippen molar-refractivity contribution in [2.24, 2.45) is 10.8 Å². The number of ether oxygens (including phenoxy) is 1. The van der Waals surface area contributed by atoms with E-state index in [0.717, 1.165) is 0 Å². The van der Waals surface area contributed by atoms with Crippen LogP contribution in [0.25, 0.3) is 0 Å². The van der Waals surface area contributed by atoms with E-state index < -0.39 is 10.8 Å². The van der Waals surface area contributed by atoms with E-state index in [1.54, 1.807) is 6.07 Å². The summed E-state index contributed by atoms with van der Waals surface area (Å²) in [5, 5.41) is 30.0. The fourth-order valence-corrected chi connectivity index (χ4v) is 1.16. The first-order valence-electron chi connectivity index (χ1n) is 4.90. The molecule has 9 heteroatoms. The van der Waals surface area contributed by atoms with Crippen LogP contribution in [0.3, 0.4) is 0 Å². The van der Waals surface area contributed by atoms with Gasteiger partial charge in [-0.1, -0.05) is 0 Å². The first-order chi connectivity index (χ1) is 8.99. The number of hydrogen-bond acceptors (Lipinski definition) is 7. The van der Waals surface area contributed by atoms with Crippen molar-refractivity contribution in [3.8, 4) is 11.8 Å². The molecule has 0 aromatic heterocycles. The van der Waals surface area contributed by atoms with Gasteiger partial charge >= 0.3 is 0 Å². The maximum atomic E-state index is 10.6. The first-order valence-corrected chi connectivity index (χ1v) is 4.90. The van der Waals surface area contributed by atoms with E-state index in [0.29, 0.717) is 5.75 Å². The topological polar surface area (TPSA) is 150 Å². The molecule has 0 saturated heterocycles. The molecule has 0 aliphatic heterocycles. The third-order valence-corrected chi connectivity index (χ3v) is 2.04. The number of nitro benzene ring substituents is 1. The van der Waals surface area contributed by atoms with Crippen LogP contribution in [-0.4, -0.2) is 23.6 Å². The van der Waals surface area contributed by atoms with E-state index in [-0.39, 0.29) is 17.1 Å². The molecule has 0 radical (unpaired) electrons. The normalized spacial score (nSPS) is 10.4. The first kappa shape index (κ1) is 13.9. The standard InChI is InChI=1S/C10H10N6O3/c1-19-9-3-2-6(16(17)18)4-7(9)14-15-8(5-11)10(12)13/h2-4,14H,1H3,(H3,12,13)/b15-8+. The number of nitro groups is 1. The summed E-state index contributed by atoms with van der Waals surface area (Å²) < 4.78 is 4.98. The molecule has 4 N–H and O–H groups in total. The highest BCUT2D eigenvalue weighted by atomic mass is 16.6. The molecule has 0 spiro atoms. The lowest BCUT2D eigenvalue weighted by molar-refractivity contribution is -0.384. The van der Waals surface area contributed by atoms with Crippen LogP contribution in [0.15, 0.2) is 23.3 Å². The van der Waals surface area contributed by atoms with E-state index in [1.165, 1.54) is 25.3 Å². The van der Waals surface area contributed by atoms with Gasteiger partial charge in [-0.15, -0.1) is 0 Å². The van der Waals surface area contributed by atoms with E-state index in [2.05, 4.69) is 10.5 Å². The summed E-state index contributed by atoms with van der Waals surface area (Å²) in [4.78, 5) is 10.1. The molecule has 1 rings (SSSR count). The molecule has 19 heavy (non-hydrogen) atoms. The number of nitriles is 1. The molecule has 0 aliphatic carbocycles. The quantitative estimate of drug-likeness (QED) is 0.309. The summed E-state index contributed by atoms with van der Waals surface area (Å²) in [7, 11) is 1.38. The molecule has 9 nitrogen and oxygen atoms in total.